The van der Waals surface area contributed by atoms with E-state index in [1.807, 2.05) is 26.8 Å². The van der Waals surface area contributed by atoms with Gasteiger partial charge < -0.3 is 15.7 Å². The molecule has 1 aliphatic carbocycles. The predicted molar refractivity (Wildman–Crippen MR) is 92.8 cm³/mol. The highest BCUT2D eigenvalue weighted by molar-refractivity contribution is 7.18. The zero-order chi connectivity index (χ0) is 17.0. The fourth-order valence-electron chi connectivity index (χ4n) is 2.27. The first kappa shape index (κ1) is 17.9. The maximum atomic E-state index is 12.2. The summed E-state index contributed by atoms with van der Waals surface area (Å²) in [7, 11) is 0. The molecule has 0 aromatic carbocycles. The molecular formula is C17H26N2O3S. The lowest BCUT2D eigenvalue weighted by Crippen LogP contribution is -2.26. The smallest absolute Gasteiger partial charge is 0.261 e. The van der Waals surface area contributed by atoms with Crippen molar-refractivity contribution in [1.82, 2.24) is 5.32 Å². The van der Waals surface area contributed by atoms with E-state index in [-0.39, 0.29) is 29.8 Å². The third-order valence-corrected chi connectivity index (χ3v) is 5.21. The van der Waals surface area contributed by atoms with E-state index in [0.29, 0.717) is 11.4 Å². The van der Waals surface area contributed by atoms with Gasteiger partial charge in [-0.1, -0.05) is 13.8 Å². The van der Waals surface area contributed by atoms with Gasteiger partial charge in [0.05, 0.1) is 9.88 Å². The van der Waals surface area contributed by atoms with Gasteiger partial charge in [-0.3, -0.25) is 9.59 Å². The molecule has 2 amide bonds. The molecule has 1 aromatic heterocycles. The van der Waals surface area contributed by atoms with Crippen LogP contribution in [0.25, 0.3) is 0 Å². The molecule has 1 saturated carbocycles. The summed E-state index contributed by atoms with van der Waals surface area (Å²) in [6.45, 7) is 6.63. The highest BCUT2D eigenvalue weighted by atomic mass is 32.1. The molecule has 23 heavy (non-hydrogen) atoms. The van der Waals surface area contributed by atoms with Crippen LogP contribution >= 0.6 is 11.3 Å². The number of hydrogen-bond donors (Lipinski definition) is 3. The van der Waals surface area contributed by atoms with Gasteiger partial charge in [-0.25, -0.2) is 0 Å². The van der Waals surface area contributed by atoms with Crippen molar-refractivity contribution in [2.75, 3.05) is 18.5 Å². The Morgan fingerprint density at radius 2 is 2.09 bits per heavy atom. The average Bonchev–Trinajstić information content (AvgIpc) is 3.28. The largest absolute Gasteiger partial charge is 0.396 e. The minimum atomic E-state index is -0.107. The minimum Gasteiger partial charge on any atom is -0.396 e. The summed E-state index contributed by atoms with van der Waals surface area (Å²) in [5.41, 5.74) is 0.776. The van der Waals surface area contributed by atoms with Gasteiger partial charge in [0.25, 0.3) is 5.91 Å². The number of anilines is 1. The lowest BCUT2D eigenvalue weighted by molar-refractivity contribution is -0.117. The van der Waals surface area contributed by atoms with Crippen LogP contribution in [0, 0.1) is 18.3 Å². The molecule has 0 spiro atoms. The molecule has 6 heteroatoms. The number of hydrogen-bond acceptors (Lipinski definition) is 4. The van der Waals surface area contributed by atoms with Crippen molar-refractivity contribution in [2.24, 2.45) is 11.3 Å². The summed E-state index contributed by atoms with van der Waals surface area (Å²) < 4.78 is 0. The van der Waals surface area contributed by atoms with E-state index in [1.165, 1.54) is 11.3 Å². The monoisotopic (exact) mass is 338 g/mol. The molecule has 5 nitrogen and oxygen atoms in total. The summed E-state index contributed by atoms with van der Waals surface area (Å²) in [6.07, 6.45) is 3.62. The summed E-state index contributed by atoms with van der Waals surface area (Å²) >= 11 is 1.33. The van der Waals surface area contributed by atoms with E-state index in [0.717, 1.165) is 36.2 Å². The quantitative estimate of drug-likeness (QED) is 0.638. The van der Waals surface area contributed by atoms with Gasteiger partial charge in [0.15, 0.2) is 0 Å². The zero-order valence-corrected chi connectivity index (χ0v) is 14.9. The van der Waals surface area contributed by atoms with Gasteiger partial charge in [0, 0.05) is 19.1 Å². The second-order valence-corrected chi connectivity index (χ2v) is 8.12. The summed E-state index contributed by atoms with van der Waals surface area (Å²) in [5.74, 6) is 0.121. The van der Waals surface area contributed by atoms with Crippen LogP contribution in [0.5, 0.6) is 0 Å². The first-order valence-electron chi connectivity index (χ1n) is 8.13. The Labute approximate surface area is 141 Å². The van der Waals surface area contributed by atoms with Crippen molar-refractivity contribution in [3.05, 3.63) is 16.5 Å². The molecule has 128 valence electrons. The Morgan fingerprint density at radius 3 is 2.70 bits per heavy atom. The Bertz CT molecular complexity index is 576. The molecule has 0 radical (unpaired) electrons. The molecule has 1 aliphatic rings. The Hall–Kier alpha value is -1.40. The van der Waals surface area contributed by atoms with Gasteiger partial charge in [-0.2, -0.15) is 0 Å². The van der Waals surface area contributed by atoms with E-state index in [2.05, 4.69) is 10.6 Å². The Kier molecular flexibility index (Phi) is 5.81. The molecular weight excluding hydrogens is 312 g/mol. The van der Waals surface area contributed by atoms with E-state index in [9.17, 15) is 14.7 Å². The van der Waals surface area contributed by atoms with Gasteiger partial charge in [-0.15, -0.1) is 11.3 Å². The van der Waals surface area contributed by atoms with Crippen molar-refractivity contribution in [1.29, 1.82) is 0 Å². The topological polar surface area (TPSA) is 78.4 Å². The molecule has 1 heterocycles. The second-order valence-electron chi connectivity index (χ2n) is 7.07. The predicted octanol–water partition coefficient (Wildman–Crippen LogP) is 2.93. The number of thiophene rings is 1. The van der Waals surface area contributed by atoms with Crippen LogP contribution in [0.4, 0.5) is 5.00 Å². The minimum absolute atomic E-state index is 0.0597. The standard InChI is InChI=1S/C17H26N2O3S/c1-11-9-13(19-15(21)12-5-6-12)23-14(11)16(22)18-8-4-7-17(2,3)10-20/h9,12,20H,4-8,10H2,1-3H3,(H,18,22)(H,19,21). The van der Waals surface area contributed by atoms with Crippen molar-refractivity contribution >= 4 is 28.2 Å². The molecule has 0 atom stereocenters. The maximum absolute atomic E-state index is 12.2. The SMILES string of the molecule is Cc1cc(NC(=O)C2CC2)sc1C(=O)NCCCC(C)(C)CO. The number of aliphatic hydroxyl groups excluding tert-OH is 1. The third kappa shape index (κ3) is 5.32. The van der Waals surface area contributed by atoms with Crippen LogP contribution in [0.1, 0.15) is 54.8 Å². The molecule has 0 aliphatic heterocycles. The molecule has 3 N–H and O–H groups in total. The highest BCUT2D eigenvalue weighted by Crippen LogP contribution is 2.32. The lowest BCUT2D eigenvalue weighted by Gasteiger charge is -2.21. The fourth-order valence-corrected chi connectivity index (χ4v) is 3.26. The van der Waals surface area contributed by atoms with Crippen LogP contribution in [0.3, 0.4) is 0 Å². The zero-order valence-electron chi connectivity index (χ0n) is 14.1. The Morgan fingerprint density at radius 1 is 1.39 bits per heavy atom. The number of rotatable bonds is 8. The van der Waals surface area contributed by atoms with Crippen molar-refractivity contribution in [3.8, 4) is 0 Å². The van der Waals surface area contributed by atoms with Crippen LogP contribution in [-0.2, 0) is 4.79 Å². The molecule has 0 unspecified atom stereocenters. The van der Waals surface area contributed by atoms with Crippen LogP contribution in [0.15, 0.2) is 6.07 Å². The third-order valence-electron chi connectivity index (χ3n) is 4.06. The van der Waals surface area contributed by atoms with E-state index in [4.69, 9.17) is 0 Å². The van der Waals surface area contributed by atoms with Crippen molar-refractivity contribution in [3.63, 3.8) is 0 Å². The number of carbonyl (C=O) groups excluding carboxylic acids is 2. The van der Waals surface area contributed by atoms with Gasteiger partial charge in [0.1, 0.15) is 0 Å². The van der Waals surface area contributed by atoms with Gasteiger partial charge in [-0.05, 0) is 49.7 Å². The highest BCUT2D eigenvalue weighted by Gasteiger charge is 2.30. The number of aryl methyl sites for hydroxylation is 1. The van der Waals surface area contributed by atoms with E-state index < -0.39 is 0 Å². The van der Waals surface area contributed by atoms with Crippen molar-refractivity contribution in [2.45, 2.75) is 46.5 Å². The summed E-state index contributed by atoms with van der Waals surface area (Å²) in [4.78, 5) is 24.7. The number of aliphatic hydroxyl groups is 1. The maximum Gasteiger partial charge on any atom is 0.261 e. The average molecular weight is 338 g/mol. The van der Waals surface area contributed by atoms with Gasteiger partial charge in [0.2, 0.25) is 5.91 Å². The van der Waals surface area contributed by atoms with Crippen LogP contribution in [0.2, 0.25) is 0 Å². The first-order valence-corrected chi connectivity index (χ1v) is 8.94. The van der Waals surface area contributed by atoms with Crippen molar-refractivity contribution < 1.29 is 14.7 Å². The number of nitrogens with one attached hydrogen (secondary N) is 2. The normalized spacial score (nSPS) is 14.6. The molecule has 2 rings (SSSR count). The van der Waals surface area contributed by atoms with E-state index >= 15 is 0 Å². The second kappa shape index (κ2) is 7.45. The summed E-state index contributed by atoms with van der Waals surface area (Å²) in [5, 5.41) is 15.8. The lowest BCUT2D eigenvalue weighted by atomic mass is 9.89. The fraction of sp³-hybridized carbons (Fsp3) is 0.647. The Balaban J connectivity index is 1.82. The molecule has 0 bridgehead atoms. The summed E-state index contributed by atoms with van der Waals surface area (Å²) in [6, 6.07) is 1.86. The molecule has 1 fully saturated rings. The van der Waals surface area contributed by atoms with E-state index in [1.54, 1.807) is 0 Å². The van der Waals surface area contributed by atoms with Gasteiger partial charge >= 0.3 is 0 Å². The molecule has 0 saturated heterocycles. The number of amides is 2. The van der Waals surface area contributed by atoms with Crippen LogP contribution < -0.4 is 10.6 Å². The first-order chi connectivity index (χ1) is 10.8. The van der Waals surface area contributed by atoms with Crippen LogP contribution in [-0.4, -0.2) is 30.1 Å². The number of carbonyl (C=O) groups is 2. The molecule has 1 aromatic rings.